The molecule has 0 bridgehead atoms. The number of hydrogen-bond acceptors (Lipinski definition) is 5. The van der Waals surface area contributed by atoms with E-state index in [1.165, 1.54) is 14.2 Å². The standard InChI is InChI=1S/C10H17NO4/c1-4-11-7-5-6-10(11,8(12)14-2)9(13)15-3/h4-7H2,1-3H3. The molecule has 5 nitrogen and oxygen atoms in total. The molecule has 0 saturated carbocycles. The van der Waals surface area contributed by atoms with Crippen LogP contribution in [0.15, 0.2) is 0 Å². The summed E-state index contributed by atoms with van der Waals surface area (Å²) >= 11 is 0. The van der Waals surface area contributed by atoms with Crippen LogP contribution in [0, 0.1) is 0 Å². The lowest BCUT2D eigenvalue weighted by molar-refractivity contribution is -0.169. The molecule has 0 aromatic heterocycles. The van der Waals surface area contributed by atoms with Gasteiger partial charge in [0.15, 0.2) is 0 Å². The average molecular weight is 215 g/mol. The van der Waals surface area contributed by atoms with E-state index in [1.54, 1.807) is 0 Å². The Balaban J connectivity index is 3.05. The highest BCUT2D eigenvalue weighted by Gasteiger charge is 2.55. The third kappa shape index (κ3) is 1.71. The largest absolute Gasteiger partial charge is 0.467 e. The fourth-order valence-corrected chi connectivity index (χ4v) is 2.19. The van der Waals surface area contributed by atoms with Gasteiger partial charge in [-0.05, 0) is 25.9 Å². The summed E-state index contributed by atoms with van der Waals surface area (Å²) in [4.78, 5) is 25.3. The Kier molecular flexibility index (Phi) is 3.68. The van der Waals surface area contributed by atoms with Crippen LogP contribution in [0.1, 0.15) is 19.8 Å². The van der Waals surface area contributed by atoms with Crippen LogP contribution in [0.5, 0.6) is 0 Å². The molecular weight excluding hydrogens is 198 g/mol. The number of methoxy groups -OCH3 is 2. The van der Waals surface area contributed by atoms with Gasteiger partial charge in [0.1, 0.15) is 0 Å². The lowest BCUT2D eigenvalue weighted by Crippen LogP contribution is -2.57. The SMILES string of the molecule is CCN1CCCC1(C(=O)OC)C(=O)OC. The van der Waals surface area contributed by atoms with Crippen LogP contribution >= 0.6 is 0 Å². The van der Waals surface area contributed by atoms with Crippen molar-refractivity contribution in [3.05, 3.63) is 0 Å². The summed E-state index contributed by atoms with van der Waals surface area (Å²) in [6, 6.07) is 0. The summed E-state index contributed by atoms with van der Waals surface area (Å²) in [7, 11) is 2.58. The van der Waals surface area contributed by atoms with Crippen molar-refractivity contribution in [2.24, 2.45) is 0 Å². The smallest absolute Gasteiger partial charge is 0.338 e. The molecule has 1 aliphatic rings. The molecule has 0 atom stereocenters. The second-order valence-electron chi connectivity index (χ2n) is 3.53. The van der Waals surface area contributed by atoms with Gasteiger partial charge in [-0.15, -0.1) is 0 Å². The summed E-state index contributed by atoms with van der Waals surface area (Å²) in [6.07, 6.45) is 1.28. The van der Waals surface area contributed by atoms with E-state index in [-0.39, 0.29) is 0 Å². The van der Waals surface area contributed by atoms with Crippen molar-refractivity contribution in [1.29, 1.82) is 0 Å². The highest BCUT2D eigenvalue weighted by molar-refractivity contribution is 6.05. The molecule has 0 unspecified atom stereocenters. The molecule has 0 aromatic rings. The minimum atomic E-state index is -1.21. The summed E-state index contributed by atoms with van der Waals surface area (Å²) in [6.45, 7) is 3.26. The van der Waals surface area contributed by atoms with Gasteiger partial charge < -0.3 is 9.47 Å². The quantitative estimate of drug-likeness (QED) is 0.497. The van der Waals surface area contributed by atoms with Crippen LogP contribution in [0.4, 0.5) is 0 Å². The summed E-state index contributed by atoms with van der Waals surface area (Å²) in [5.74, 6) is -1.04. The molecule has 0 aromatic carbocycles. The number of carbonyl (C=O) groups is 2. The van der Waals surface area contributed by atoms with Crippen molar-refractivity contribution >= 4 is 11.9 Å². The second-order valence-corrected chi connectivity index (χ2v) is 3.53. The van der Waals surface area contributed by atoms with Gasteiger partial charge in [-0.2, -0.15) is 0 Å². The zero-order valence-electron chi connectivity index (χ0n) is 9.41. The number of carbonyl (C=O) groups excluding carboxylic acids is 2. The van der Waals surface area contributed by atoms with Gasteiger partial charge in [-0.1, -0.05) is 6.92 Å². The van der Waals surface area contributed by atoms with Crippen LogP contribution in [-0.4, -0.2) is 49.7 Å². The van der Waals surface area contributed by atoms with Crippen molar-refractivity contribution in [2.45, 2.75) is 25.3 Å². The van der Waals surface area contributed by atoms with Crippen molar-refractivity contribution in [3.8, 4) is 0 Å². The molecule has 5 heteroatoms. The molecule has 0 aliphatic carbocycles. The number of esters is 2. The minimum Gasteiger partial charge on any atom is -0.467 e. The molecule has 86 valence electrons. The Bertz CT molecular complexity index is 248. The first-order chi connectivity index (χ1) is 7.13. The van der Waals surface area contributed by atoms with E-state index in [9.17, 15) is 9.59 Å². The van der Waals surface area contributed by atoms with Crippen LogP contribution in [0.3, 0.4) is 0 Å². The molecule has 15 heavy (non-hydrogen) atoms. The van der Waals surface area contributed by atoms with Gasteiger partial charge in [0, 0.05) is 0 Å². The first-order valence-electron chi connectivity index (χ1n) is 5.05. The van der Waals surface area contributed by atoms with E-state index < -0.39 is 17.5 Å². The lowest BCUT2D eigenvalue weighted by Gasteiger charge is -2.32. The fourth-order valence-electron chi connectivity index (χ4n) is 2.19. The van der Waals surface area contributed by atoms with Crippen LogP contribution < -0.4 is 0 Å². The normalized spacial score (nSPS) is 19.9. The number of likely N-dealkylation sites (tertiary alicyclic amines) is 1. The molecule has 0 radical (unpaired) electrons. The number of ether oxygens (including phenoxy) is 2. The molecule has 1 fully saturated rings. The lowest BCUT2D eigenvalue weighted by atomic mass is 9.96. The first-order valence-corrected chi connectivity index (χ1v) is 5.05. The zero-order valence-corrected chi connectivity index (χ0v) is 9.41. The molecule has 0 amide bonds. The van der Waals surface area contributed by atoms with Gasteiger partial charge in [0.25, 0.3) is 0 Å². The first kappa shape index (κ1) is 12.0. The highest BCUT2D eigenvalue weighted by atomic mass is 16.5. The van der Waals surface area contributed by atoms with E-state index in [4.69, 9.17) is 9.47 Å². The molecular formula is C10H17NO4. The fraction of sp³-hybridized carbons (Fsp3) is 0.800. The number of likely N-dealkylation sites (N-methyl/N-ethyl adjacent to an activating group) is 1. The monoisotopic (exact) mass is 215 g/mol. The van der Waals surface area contributed by atoms with E-state index in [1.807, 2.05) is 11.8 Å². The number of rotatable bonds is 3. The van der Waals surface area contributed by atoms with Gasteiger partial charge in [-0.3, -0.25) is 4.90 Å². The maximum Gasteiger partial charge on any atom is 0.338 e. The summed E-state index contributed by atoms with van der Waals surface area (Å²) in [5.41, 5.74) is -1.21. The maximum absolute atomic E-state index is 11.7. The van der Waals surface area contributed by atoms with E-state index >= 15 is 0 Å². The van der Waals surface area contributed by atoms with E-state index in [0.29, 0.717) is 13.0 Å². The third-order valence-electron chi connectivity index (χ3n) is 2.93. The van der Waals surface area contributed by atoms with Gasteiger partial charge >= 0.3 is 11.9 Å². The maximum atomic E-state index is 11.7. The van der Waals surface area contributed by atoms with Crippen molar-refractivity contribution in [2.75, 3.05) is 27.3 Å². The van der Waals surface area contributed by atoms with Gasteiger partial charge in [0.2, 0.25) is 5.54 Å². The summed E-state index contributed by atoms with van der Waals surface area (Å²) in [5, 5.41) is 0. The van der Waals surface area contributed by atoms with Crippen LogP contribution in [-0.2, 0) is 19.1 Å². The van der Waals surface area contributed by atoms with Gasteiger partial charge in [0.05, 0.1) is 14.2 Å². The number of nitrogens with zero attached hydrogens (tertiary/aromatic N) is 1. The van der Waals surface area contributed by atoms with Crippen LogP contribution in [0.2, 0.25) is 0 Å². The average Bonchev–Trinajstić information content (AvgIpc) is 2.71. The highest BCUT2D eigenvalue weighted by Crippen LogP contribution is 2.31. The predicted octanol–water partition coefficient (Wildman–Crippen LogP) is 0.187. The predicted molar refractivity (Wildman–Crippen MR) is 53.2 cm³/mol. The summed E-state index contributed by atoms with van der Waals surface area (Å²) < 4.78 is 9.42. The van der Waals surface area contributed by atoms with Crippen molar-refractivity contribution < 1.29 is 19.1 Å². The molecule has 1 saturated heterocycles. The van der Waals surface area contributed by atoms with Crippen molar-refractivity contribution in [1.82, 2.24) is 4.90 Å². The van der Waals surface area contributed by atoms with E-state index in [2.05, 4.69) is 0 Å². The molecule has 1 heterocycles. The molecule has 0 spiro atoms. The number of hydrogen-bond donors (Lipinski definition) is 0. The topological polar surface area (TPSA) is 55.8 Å². The van der Waals surface area contributed by atoms with Crippen LogP contribution in [0.25, 0.3) is 0 Å². The molecule has 1 aliphatic heterocycles. The molecule has 1 rings (SSSR count). The van der Waals surface area contributed by atoms with Gasteiger partial charge in [-0.25, -0.2) is 9.59 Å². The minimum absolute atomic E-state index is 0.472. The Labute approximate surface area is 89.3 Å². The Morgan fingerprint density at radius 2 is 1.80 bits per heavy atom. The molecule has 0 N–H and O–H groups in total. The Morgan fingerprint density at radius 1 is 1.27 bits per heavy atom. The van der Waals surface area contributed by atoms with E-state index in [0.717, 1.165) is 13.0 Å². The Morgan fingerprint density at radius 3 is 2.20 bits per heavy atom. The third-order valence-corrected chi connectivity index (χ3v) is 2.93. The Hall–Kier alpha value is -1.10. The second kappa shape index (κ2) is 4.61. The zero-order chi connectivity index (χ0) is 11.5. The van der Waals surface area contributed by atoms with Crippen molar-refractivity contribution in [3.63, 3.8) is 0 Å².